The van der Waals surface area contributed by atoms with Gasteiger partial charge in [-0.05, 0) is 24.5 Å². The molecular weight excluding hydrogens is 348 g/mol. The largest absolute Gasteiger partial charge is 0.385 e. The van der Waals surface area contributed by atoms with E-state index in [4.69, 9.17) is 4.74 Å². The number of nitrogens with one attached hydrogen (secondary N) is 3. The Morgan fingerprint density at radius 2 is 2.11 bits per heavy atom. The van der Waals surface area contributed by atoms with Gasteiger partial charge in [0.15, 0.2) is 0 Å². The first-order chi connectivity index (χ1) is 13.1. The Morgan fingerprint density at radius 1 is 1.30 bits per heavy atom. The highest BCUT2D eigenvalue weighted by Crippen LogP contribution is 2.19. The number of nitrogens with zero attached hydrogens (tertiary/aromatic N) is 1. The third kappa shape index (κ3) is 4.46. The number of H-pyrrole nitrogens is 1. The zero-order valence-corrected chi connectivity index (χ0v) is 15.3. The lowest BCUT2D eigenvalue weighted by atomic mass is 10.1. The predicted octanol–water partition coefficient (Wildman–Crippen LogP) is 1.17. The number of carbonyl (C=O) groups is 3. The van der Waals surface area contributed by atoms with Gasteiger partial charge in [-0.3, -0.25) is 14.5 Å². The summed E-state index contributed by atoms with van der Waals surface area (Å²) < 4.78 is 4.92. The van der Waals surface area contributed by atoms with Crippen molar-refractivity contribution in [1.82, 2.24) is 20.5 Å². The van der Waals surface area contributed by atoms with E-state index in [1.54, 1.807) is 7.11 Å². The summed E-state index contributed by atoms with van der Waals surface area (Å²) in [6.07, 6.45) is 3.10. The molecule has 0 aliphatic carbocycles. The molecule has 1 saturated heterocycles. The average Bonchev–Trinajstić information content (AvgIpc) is 3.18. The van der Waals surface area contributed by atoms with Crippen molar-refractivity contribution in [2.45, 2.75) is 25.3 Å². The van der Waals surface area contributed by atoms with Gasteiger partial charge >= 0.3 is 6.03 Å². The fourth-order valence-corrected chi connectivity index (χ4v) is 3.20. The van der Waals surface area contributed by atoms with Crippen LogP contribution in [0, 0.1) is 0 Å². The maximum absolute atomic E-state index is 12.5. The third-order valence-corrected chi connectivity index (χ3v) is 4.62. The summed E-state index contributed by atoms with van der Waals surface area (Å²) in [6, 6.07) is 6.64. The Morgan fingerprint density at radius 3 is 2.93 bits per heavy atom. The number of amides is 4. The molecule has 1 aliphatic rings. The van der Waals surface area contributed by atoms with Crippen LogP contribution >= 0.6 is 0 Å². The number of hydrogen-bond acceptors (Lipinski definition) is 4. The SMILES string of the molecule is COCCCNC(=O)CC1NC(=O)N(CCc2c[nH]c3ccccc23)C1=O. The maximum Gasteiger partial charge on any atom is 0.324 e. The van der Waals surface area contributed by atoms with Crippen LogP contribution in [0.1, 0.15) is 18.4 Å². The van der Waals surface area contributed by atoms with Gasteiger partial charge in [-0.15, -0.1) is 0 Å². The van der Waals surface area contributed by atoms with Crippen molar-refractivity contribution >= 4 is 28.7 Å². The molecule has 1 fully saturated rings. The fourth-order valence-electron chi connectivity index (χ4n) is 3.20. The van der Waals surface area contributed by atoms with Crippen molar-refractivity contribution < 1.29 is 19.1 Å². The van der Waals surface area contributed by atoms with E-state index in [9.17, 15) is 14.4 Å². The molecule has 1 aromatic heterocycles. The van der Waals surface area contributed by atoms with Gasteiger partial charge in [0.25, 0.3) is 5.91 Å². The molecule has 0 radical (unpaired) electrons. The Labute approximate surface area is 157 Å². The molecule has 144 valence electrons. The highest BCUT2D eigenvalue weighted by atomic mass is 16.5. The van der Waals surface area contributed by atoms with E-state index < -0.39 is 12.1 Å². The van der Waals surface area contributed by atoms with Crippen LogP contribution in [0.2, 0.25) is 0 Å². The van der Waals surface area contributed by atoms with Crippen molar-refractivity contribution in [2.24, 2.45) is 0 Å². The van der Waals surface area contributed by atoms with Gasteiger partial charge in [0.2, 0.25) is 5.91 Å². The lowest BCUT2D eigenvalue weighted by Crippen LogP contribution is -2.37. The number of urea groups is 1. The number of carbonyl (C=O) groups excluding carboxylic acids is 3. The van der Waals surface area contributed by atoms with Crippen LogP contribution in [0.25, 0.3) is 10.9 Å². The summed E-state index contributed by atoms with van der Waals surface area (Å²) in [6.45, 7) is 1.31. The minimum absolute atomic E-state index is 0.0544. The second kappa shape index (κ2) is 8.68. The smallest absolute Gasteiger partial charge is 0.324 e. The highest BCUT2D eigenvalue weighted by molar-refractivity contribution is 6.05. The molecule has 27 heavy (non-hydrogen) atoms. The van der Waals surface area contributed by atoms with E-state index in [-0.39, 0.29) is 24.8 Å². The second-order valence-corrected chi connectivity index (χ2v) is 6.50. The maximum atomic E-state index is 12.5. The molecule has 8 nitrogen and oxygen atoms in total. The monoisotopic (exact) mass is 372 g/mol. The number of rotatable bonds is 9. The summed E-state index contributed by atoms with van der Waals surface area (Å²) in [4.78, 5) is 40.9. The highest BCUT2D eigenvalue weighted by Gasteiger charge is 2.38. The molecular formula is C19H24N4O4. The summed E-state index contributed by atoms with van der Waals surface area (Å²) in [5, 5.41) is 6.40. The molecule has 0 spiro atoms. The molecule has 2 aromatic rings. The number of aromatic nitrogens is 1. The first-order valence-corrected chi connectivity index (χ1v) is 9.02. The average molecular weight is 372 g/mol. The van der Waals surface area contributed by atoms with Crippen molar-refractivity contribution in [2.75, 3.05) is 26.8 Å². The zero-order valence-electron chi connectivity index (χ0n) is 15.3. The quantitative estimate of drug-likeness (QED) is 0.454. The van der Waals surface area contributed by atoms with Gasteiger partial charge in [-0.1, -0.05) is 18.2 Å². The van der Waals surface area contributed by atoms with Gasteiger partial charge in [0.05, 0.1) is 6.42 Å². The van der Waals surface area contributed by atoms with E-state index in [1.165, 1.54) is 4.90 Å². The van der Waals surface area contributed by atoms with Crippen molar-refractivity contribution in [3.8, 4) is 0 Å². The Bertz CT molecular complexity index is 832. The number of imide groups is 1. The number of hydrogen-bond donors (Lipinski definition) is 3. The molecule has 0 bridgehead atoms. The van der Waals surface area contributed by atoms with Gasteiger partial charge in [-0.2, -0.15) is 0 Å². The van der Waals surface area contributed by atoms with Gasteiger partial charge < -0.3 is 20.4 Å². The van der Waals surface area contributed by atoms with Crippen LogP contribution in [0.15, 0.2) is 30.5 Å². The van der Waals surface area contributed by atoms with E-state index >= 15 is 0 Å². The number of benzene rings is 1. The molecule has 3 rings (SSSR count). The van der Waals surface area contributed by atoms with Crippen LogP contribution in [0.5, 0.6) is 0 Å². The molecule has 2 heterocycles. The van der Waals surface area contributed by atoms with Crippen molar-refractivity contribution in [3.05, 3.63) is 36.0 Å². The van der Waals surface area contributed by atoms with Gasteiger partial charge in [0.1, 0.15) is 6.04 Å². The molecule has 1 aromatic carbocycles. The molecule has 8 heteroatoms. The number of aromatic amines is 1. The lowest BCUT2D eigenvalue weighted by Gasteiger charge is -2.12. The molecule has 1 aliphatic heterocycles. The molecule has 0 saturated carbocycles. The summed E-state index contributed by atoms with van der Waals surface area (Å²) in [5.74, 6) is -0.616. The van der Waals surface area contributed by atoms with Crippen molar-refractivity contribution in [1.29, 1.82) is 0 Å². The first kappa shape index (κ1) is 18.9. The number of methoxy groups -OCH3 is 1. The fraction of sp³-hybridized carbons (Fsp3) is 0.421. The number of para-hydroxylation sites is 1. The predicted molar refractivity (Wildman–Crippen MR) is 100 cm³/mol. The Balaban J connectivity index is 1.52. The standard InChI is InChI=1S/C19H24N4O4/c1-27-10-4-8-20-17(24)11-16-18(25)23(19(26)22-16)9-7-13-12-21-15-6-3-2-5-14(13)15/h2-3,5-6,12,16,21H,4,7-11H2,1H3,(H,20,24)(H,22,26). The minimum atomic E-state index is -0.803. The van der Waals surface area contributed by atoms with Crippen LogP contribution < -0.4 is 10.6 Å². The normalized spacial score (nSPS) is 16.8. The van der Waals surface area contributed by atoms with Crippen LogP contribution in [-0.2, 0) is 20.7 Å². The van der Waals surface area contributed by atoms with Gasteiger partial charge in [0, 0.05) is 43.9 Å². The summed E-state index contributed by atoms with van der Waals surface area (Å²) >= 11 is 0. The molecule has 4 amide bonds. The summed E-state index contributed by atoms with van der Waals surface area (Å²) in [7, 11) is 1.60. The Hall–Kier alpha value is -2.87. The van der Waals surface area contributed by atoms with Gasteiger partial charge in [-0.25, -0.2) is 4.79 Å². The number of ether oxygens (including phenoxy) is 1. The second-order valence-electron chi connectivity index (χ2n) is 6.50. The van der Waals surface area contributed by atoms with Crippen LogP contribution in [-0.4, -0.2) is 60.6 Å². The Kier molecular flexibility index (Phi) is 6.08. The molecule has 1 unspecified atom stereocenters. The van der Waals surface area contributed by atoms with E-state index in [2.05, 4.69) is 15.6 Å². The lowest BCUT2D eigenvalue weighted by molar-refractivity contribution is -0.130. The topological polar surface area (TPSA) is 104 Å². The first-order valence-electron chi connectivity index (χ1n) is 9.02. The van der Waals surface area contributed by atoms with Crippen molar-refractivity contribution in [3.63, 3.8) is 0 Å². The van der Waals surface area contributed by atoms with E-state index in [0.29, 0.717) is 26.0 Å². The minimum Gasteiger partial charge on any atom is -0.385 e. The zero-order chi connectivity index (χ0) is 19.2. The summed E-state index contributed by atoms with van der Waals surface area (Å²) in [5.41, 5.74) is 2.07. The van der Waals surface area contributed by atoms with Crippen LogP contribution in [0.3, 0.4) is 0 Å². The number of fused-ring (bicyclic) bond motifs is 1. The van der Waals surface area contributed by atoms with Crippen LogP contribution in [0.4, 0.5) is 4.79 Å². The van der Waals surface area contributed by atoms with E-state index in [1.807, 2.05) is 30.5 Å². The third-order valence-electron chi connectivity index (χ3n) is 4.62. The molecule has 1 atom stereocenters. The molecule has 3 N–H and O–H groups in total. The van der Waals surface area contributed by atoms with E-state index in [0.717, 1.165) is 16.5 Å².